The van der Waals surface area contributed by atoms with Gasteiger partial charge in [0, 0.05) is 5.92 Å². The maximum atomic E-state index is 12.6. The third-order valence-corrected chi connectivity index (χ3v) is 15.2. The summed E-state index contributed by atoms with van der Waals surface area (Å²) in [6, 6.07) is 20.8. The molecule has 1 fully saturated rings. The number of carbonyl (C=O) groups excluding carboxylic acids is 1. The minimum Gasteiger partial charge on any atom is -0.424 e. The van der Waals surface area contributed by atoms with Crippen LogP contribution >= 0.6 is 0 Å². The highest BCUT2D eigenvalue weighted by atomic mass is 28.4. The predicted octanol–water partition coefficient (Wildman–Crippen LogP) is 7.24. The molecule has 1 aliphatic carbocycles. The molecule has 1 N–H and O–H groups in total. The Hall–Kier alpha value is -1.71. The van der Waals surface area contributed by atoms with Gasteiger partial charge >= 0.3 is 0 Å². The number of benzene rings is 2. The van der Waals surface area contributed by atoms with Gasteiger partial charge in [0.25, 0.3) is 8.32 Å². The maximum Gasteiger partial charge on any atom is 0.258 e. The zero-order valence-electron chi connectivity index (χ0n) is 24.1. The molecule has 4 atom stereocenters. The highest BCUT2D eigenvalue weighted by Crippen LogP contribution is 2.60. The van der Waals surface area contributed by atoms with Gasteiger partial charge in [0.2, 0.25) is 0 Å². The van der Waals surface area contributed by atoms with Crippen LogP contribution in [-0.2, 0) is 4.79 Å². The molecule has 0 saturated heterocycles. The molecule has 1 saturated carbocycles. The van der Waals surface area contributed by atoms with Crippen molar-refractivity contribution in [2.45, 2.75) is 92.5 Å². The summed E-state index contributed by atoms with van der Waals surface area (Å²) in [5.41, 5.74) is 0.216. The summed E-state index contributed by atoms with van der Waals surface area (Å²) in [6.07, 6.45) is 6.69. The fourth-order valence-corrected chi connectivity index (χ4v) is 11.0. The van der Waals surface area contributed by atoms with E-state index in [-0.39, 0.29) is 21.8 Å². The van der Waals surface area contributed by atoms with Crippen LogP contribution in [0, 0.1) is 34.5 Å². The lowest BCUT2D eigenvalue weighted by molar-refractivity contribution is -0.115. The first-order valence-electron chi connectivity index (χ1n) is 14.1. The highest BCUT2D eigenvalue weighted by molar-refractivity contribution is 6.98. The van der Waals surface area contributed by atoms with Gasteiger partial charge in [-0.1, -0.05) is 116 Å². The minimum atomic E-state index is -3.01. The van der Waals surface area contributed by atoms with E-state index in [9.17, 15) is 9.59 Å². The van der Waals surface area contributed by atoms with Crippen LogP contribution in [0.3, 0.4) is 0 Å². The Morgan fingerprint density at radius 3 is 1.86 bits per heavy atom. The van der Waals surface area contributed by atoms with Gasteiger partial charge < -0.3 is 9.59 Å². The van der Waals surface area contributed by atoms with Gasteiger partial charge in [-0.3, -0.25) is 0 Å². The molecular formula is C33H50O2Si. The Morgan fingerprint density at radius 1 is 0.944 bits per heavy atom. The molecule has 1 aliphatic rings. The molecule has 2 aromatic rings. The lowest BCUT2D eigenvalue weighted by Gasteiger charge is -2.46. The average molecular weight is 507 g/mol. The van der Waals surface area contributed by atoms with Crippen molar-refractivity contribution in [3.63, 3.8) is 0 Å². The van der Waals surface area contributed by atoms with E-state index in [0.717, 1.165) is 36.1 Å². The van der Waals surface area contributed by atoms with Gasteiger partial charge in [0.1, 0.15) is 6.29 Å². The summed E-state index contributed by atoms with van der Waals surface area (Å²) in [5, 5.41) is 1.96. The van der Waals surface area contributed by atoms with E-state index in [1.54, 1.807) is 0 Å². The van der Waals surface area contributed by atoms with E-state index in [1.165, 1.54) is 12.7 Å². The molecule has 0 amide bonds. The van der Waals surface area contributed by atoms with E-state index in [0.29, 0.717) is 17.8 Å². The molecule has 36 heavy (non-hydrogen) atoms. The Morgan fingerprint density at radius 2 is 1.44 bits per heavy atom. The summed E-state index contributed by atoms with van der Waals surface area (Å²) < 4.78 is 0. The summed E-state index contributed by atoms with van der Waals surface area (Å²) in [6.45, 7) is 18.8. The Labute approximate surface area is 222 Å². The third-order valence-electron chi connectivity index (χ3n) is 10.7. The Bertz CT molecular complexity index is 942. The summed E-state index contributed by atoms with van der Waals surface area (Å²) in [7, 11) is -3.01. The normalized spacial score (nSPS) is 24.0. The van der Waals surface area contributed by atoms with Gasteiger partial charge in [-0.2, -0.15) is 0 Å². The van der Waals surface area contributed by atoms with Crippen molar-refractivity contribution in [1.29, 1.82) is 0 Å². The second-order valence-electron chi connectivity index (χ2n) is 13.4. The Balaban J connectivity index is 1.85. The molecule has 2 aromatic carbocycles. The van der Waals surface area contributed by atoms with Gasteiger partial charge in [-0.25, -0.2) is 0 Å². The van der Waals surface area contributed by atoms with E-state index in [2.05, 4.69) is 104 Å². The number of carbonyl (C=O) groups is 1. The second-order valence-corrected chi connectivity index (χ2v) is 17.4. The smallest absolute Gasteiger partial charge is 0.258 e. The van der Waals surface area contributed by atoms with E-state index in [4.69, 9.17) is 0 Å². The molecule has 198 valence electrons. The van der Waals surface area contributed by atoms with Crippen molar-refractivity contribution in [2.24, 2.45) is 34.5 Å². The van der Waals surface area contributed by atoms with Crippen molar-refractivity contribution in [2.75, 3.05) is 0 Å². The highest BCUT2D eigenvalue weighted by Gasteiger charge is 2.54. The van der Waals surface area contributed by atoms with Crippen molar-refractivity contribution >= 4 is 25.0 Å². The van der Waals surface area contributed by atoms with Crippen LogP contribution < -0.4 is 10.4 Å². The third kappa shape index (κ3) is 5.16. The zero-order valence-corrected chi connectivity index (χ0v) is 25.1. The first-order chi connectivity index (χ1) is 16.8. The first kappa shape index (κ1) is 28.9. The Kier molecular flexibility index (Phi) is 8.78. The lowest BCUT2D eigenvalue weighted by atomic mass is 9.59. The van der Waals surface area contributed by atoms with Gasteiger partial charge in [-0.05, 0) is 76.1 Å². The average Bonchev–Trinajstić information content (AvgIpc) is 3.10. The van der Waals surface area contributed by atoms with Crippen LogP contribution in [0.1, 0.15) is 87.5 Å². The molecular weight excluding hydrogens is 456 g/mol. The van der Waals surface area contributed by atoms with Crippen LogP contribution in [0.5, 0.6) is 0 Å². The van der Waals surface area contributed by atoms with Gasteiger partial charge in [-0.15, -0.1) is 0 Å². The zero-order chi connectivity index (χ0) is 26.8. The molecule has 0 spiro atoms. The van der Waals surface area contributed by atoms with Crippen LogP contribution in [0.4, 0.5) is 0 Å². The molecule has 0 aliphatic heterocycles. The van der Waals surface area contributed by atoms with Crippen LogP contribution in [-0.4, -0.2) is 19.4 Å². The van der Waals surface area contributed by atoms with Crippen molar-refractivity contribution in [3.8, 4) is 0 Å². The van der Waals surface area contributed by atoms with Crippen LogP contribution in [0.2, 0.25) is 5.04 Å². The second kappa shape index (κ2) is 11.0. The summed E-state index contributed by atoms with van der Waals surface area (Å²) in [5.74, 6) is 1.81. The summed E-state index contributed by atoms with van der Waals surface area (Å²) in [4.78, 5) is 24.4. The number of hydrogen-bond acceptors (Lipinski definition) is 2. The lowest BCUT2D eigenvalue weighted by Crippen LogP contribution is -2.65. The van der Waals surface area contributed by atoms with Crippen LogP contribution in [0.15, 0.2) is 60.7 Å². The van der Waals surface area contributed by atoms with Gasteiger partial charge in [0.05, 0.1) is 0 Å². The standard InChI is InChI=1S/C33H50O2Si/c1-25(2)27(20-19-26(3)33(8)22-21-28(24-34)32(33,6)7)23-31(4,5)36(35,29-15-11-9-12-16-29)30-17-13-10-14-18-30/h9-18,24-28,35H,19-23H2,1-8H3/t26-,27-,28-,33+/m0/s1. The fraction of sp³-hybridized carbons (Fsp3) is 0.606. The largest absolute Gasteiger partial charge is 0.424 e. The van der Waals surface area contributed by atoms with Crippen LogP contribution in [0.25, 0.3) is 0 Å². The molecule has 0 heterocycles. The van der Waals surface area contributed by atoms with Crippen molar-refractivity contribution in [3.05, 3.63) is 60.7 Å². The first-order valence-corrected chi connectivity index (χ1v) is 16.0. The van der Waals surface area contributed by atoms with Crippen molar-refractivity contribution in [1.82, 2.24) is 0 Å². The molecule has 0 radical (unpaired) electrons. The quantitative estimate of drug-likeness (QED) is 0.258. The topological polar surface area (TPSA) is 37.3 Å². The molecule has 2 nitrogen and oxygen atoms in total. The van der Waals surface area contributed by atoms with E-state index in [1.807, 2.05) is 12.1 Å². The summed E-state index contributed by atoms with van der Waals surface area (Å²) >= 11 is 0. The molecule has 3 heteroatoms. The maximum absolute atomic E-state index is 12.6. The molecule has 0 unspecified atom stereocenters. The monoisotopic (exact) mass is 506 g/mol. The van der Waals surface area contributed by atoms with E-state index < -0.39 is 8.32 Å². The number of hydrogen-bond donors (Lipinski definition) is 1. The minimum absolute atomic E-state index is 0.0363. The van der Waals surface area contributed by atoms with Crippen molar-refractivity contribution < 1.29 is 9.59 Å². The molecule has 0 bridgehead atoms. The fourth-order valence-electron chi connectivity index (χ4n) is 7.25. The number of rotatable bonds is 11. The molecule has 0 aromatic heterocycles. The number of aldehydes is 1. The molecule has 3 rings (SSSR count). The van der Waals surface area contributed by atoms with Gasteiger partial charge in [0.15, 0.2) is 0 Å². The predicted molar refractivity (Wildman–Crippen MR) is 156 cm³/mol. The van der Waals surface area contributed by atoms with E-state index >= 15 is 0 Å². The SMILES string of the molecule is CC(C)[C@@H](CC[C@H](C)[C@@]1(C)CC[C@@H](C=O)C1(C)C)CC(C)(C)[Si](O)(c1ccccc1)c1ccccc1.